The molecule has 2 heteroatoms. The zero-order valence-electron chi connectivity index (χ0n) is 4.70. The quantitative estimate of drug-likeness (QED) is 0.399. The van der Waals surface area contributed by atoms with Crippen LogP contribution in [0.2, 0.25) is 0 Å². The van der Waals surface area contributed by atoms with E-state index in [1.165, 1.54) is 5.57 Å². The number of halogens is 2. The van der Waals surface area contributed by atoms with Crippen molar-refractivity contribution in [2.24, 2.45) is 5.92 Å². The lowest BCUT2D eigenvalue weighted by molar-refractivity contribution is 0.634. The Labute approximate surface area is 59.5 Å². The van der Waals surface area contributed by atoms with Crippen molar-refractivity contribution in [1.29, 1.82) is 0 Å². The molecule has 0 fully saturated rings. The Morgan fingerprint density at radius 1 is 1.75 bits per heavy atom. The molecular formula is C6H8Cl2. The van der Waals surface area contributed by atoms with E-state index >= 15 is 0 Å². The summed E-state index contributed by atoms with van der Waals surface area (Å²) in [4.78, 5) is -0.258. The predicted molar refractivity (Wildman–Crippen MR) is 37.4 cm³/mol. The average Bonchev–Trinajstić information content (AvgIpc) is 1.57. The first-order valence-corrected chi connectivity index (χ1v) is 3.56. The molecule has 0 nitrogen and oxygen atoms in total. The maximum absolute atomic E-state index is 5.54. The molecule has 1 aliphatic carbocycles. The molecule has 0 aromatic heterocycles. The van der Waals surface area contributed by atoms with Gasteiger partial charge in [-0.2, -0.15) is 0 Å². The summed E-state index contributed by atoms with van der Waals surface area (Å²) in [7, 11) is 0. The highest BCUT2D eigenvalue weighted by molar-refractivity contribution is 6.46. The van der Waals surface area contributed by atoms with Crippen LogP contribution in [-0.4, -0.2) is 4.84 Å². The third-order valence-electron chi connectivity index (χ3n) is 1.34. The summed E-state index contributed by atoms with van der Waals surface area (Å²) >= 11 is 11.1. The van der Waals surface area contributed by atoms with Crippen LogP contribution in [0.1, 0.15) is 13.3 Å². The summed E-state index contributed by atoms with van der Waals surface area (Å²) in [6, 6.07) is 0. The molecule has 0 aromatic rings. The lowest BCUT2D eigenvalue weighted by Gasteiger charge is -2.21. The van der Waals surface area contributed by atoms with Gasteiger partial charge in [0, 0.05) is 0 Å². The van der Waals surface area contributed by atoms with E-state index in [0.717, 1.165) is 6.42 Å². The first kappa shape index (κ1) is 6.44. The van der Waals surface area contributed by atoms with E-state index in [-0.39, 0.29) is 4.84 Å². The summed E-state index contributed by atoms with van der Waals surface area (Å²) < 4.78 is 0. The second kappa shape index (κ2) is 2.28. The molecule has 0 spiro atoms. The SMILES string of the molecule is CC1C=C(C(Cl)Cl)C1. The molecule has 0 aromatic carbocycles. The molecule has 46 valence electrons. The van der Waals surface area contributed by atoms with Gasteiger partial charge in [-0.3, -0.25) is 0 Å². The lowest BCUT2D eigenvalue weighted by atomic mass is 9.89. The Bertz CT molecular complexity index is 116. The highest BCUT2D eigenvalue weighted by atomic mass is 35.5. The summed E-state index contributed by atoms with van der Waals surface area (Å²) in [5.74, 6) is 0.699. The van der Waals surface area contributed by atoms with Crippen molar-refractivity contribution in [3.63, 3.8) is 0 Å². The third-order valence-corrected chi connectivity index (χ3v) is 1.90. The van der Waals surface area contributed by atoms with Crippen molar-refractivity contribution >= 4 is 23.2 Å². The number of hydrogen-bond donors (Lipinski definition) is 0. The fourth-order valence-corrected chi connectivity index (χ4v) is 1.19. The Hall–Kier alpha value is 0.320. The maximum Gasteiger partial charge on any atom is 0.128 e. The van der Waals surface area contributed by atoms with Crippen LogP contribution in [-0.2, 0) is 0 Å². The zero-order valence-corrected chi connectivity index (χ0v) is 6.21. The van der Waals surface area contributed by atoms with Gasteiger partial charge < -0.3 is 0 Å². The van der Waals surface area contributed by atoms with Gasteiger partial charge in [0.2, 0.25) is 0 Å². The molecular weight excluding hydrogens is 143 g/mol. The minimum absolute atomic E-state index is 0.258. The standard InChI is InChI=1S/C6H8Cl2/c1-4-2-5(3-4)6(7)8/h2,4,6H,3H2,1H3. The van der Waals surface area contributed by atoms with Crippen LogP contribution >= 0.6 is 23.2 Å². The minimum Gasteiger partial charge on any atom is -0.100 e. The van der Waals surface area contributed by atoms with E-state index in [4.69, 9.17) is 23.2 Å². The molecule has 8 heavy (non-hydrogen) atoms. The van der Waals surface area contributed by atoms with Crippen molar-refractivity contribution in [2.45, 2.75) is 18.2 Å². The molecule has 0 aliphatic heterocycles. The van der Waals surface area contributed by atoms with Gasteiger partial charge in [-0.05, 0) is 17.9 Å². The van der Waals surface area contributed by atoms with Gasteiger partial charge in [-0.1, -0.05) is 13.0 Å². The van der Waals surface area contributed by atoms with Crippen LogP contribution in [0.3, 0.4) is 0 Å². The van der Waals surface area contributed by atoms with E-state index in [0.29, 0.717) is 5.92 Å². The van der Waals surface area contributed by atoms with Crippen LogP contribution in [0.4, 0.5) is 0 Å². The topological polar surface area (TPSA) is 0 Å². The average molecular weight is 151 g/mol. The number of allylic oxidation sites excluding steroid dienone is 2. The Morgan fingerprint density at radius 3 is 2.38 bits per heavy atom. The minimum atomic E-state index is -0.258. The summed E-state index contributed by atoms with van der Waals surface area (Å²) in [5, 5.41) is 0. The lowest BCUT2D eigenvalue weighted by Crippen LogP contribution is -2.10. The van der Waals surface area contributed by atoms with Gasteiger partial charge in [0.05, 0.1) is 0 Å². The third kappa shape index (κ3) is 1.18. The molecule has 0 radical (unpaired) electrons. The smallest absolute Gasteiger partial charge is 0.100 e. The second-order valence-electron chi connectivity index (χ2n) is 2.22. The van der Waals surface area contributed by atoms with E-state index in [1.807, 2.05) is 0 Å². The normalized spacial score (nSPS) is 27.5. The van der Waals surface area contributed by atoms with Crippen molar-refractivity contribution in [3.05, 3.63) is 11.6 Å². The number of rotatable bonds is 1. The monoisotopic (exact) mass is 150 g/mol. The molecule has 0 saturated heterocycles. The van der Waals surface area contributed by atoms with Crippen molar-refractivity contribution in [1.82, 2.24) is 0 Å². The first-order chi connectivity index (χ1) is 3.70. The van der Waals surface area contributed by atoms with Crippen LogP contribution in [0.25, 0.3) is 0 Å². The summed E-state index contributed by atoms with van der Waals surface area (Å²) in [5.41, 5.74) is 1.18. The molecule has 1 aliphatic rings. The highest BCUT2D eigenvalue weighted by Crippen LogP contribution is 2.31. The number of alkyl halides is 2. The predicted octanol–water partition coefficient (Wildman–Crippen LogP) is 2.76. The van der Waals surface area contributed by atoms with Gasteiger partial charge in [0.1, 0.15) is 4.84 Å². The highest BCUT2D eigenvalue weighted by Gasteiger charge is 2.18. The van der Waals surface area contributed by atoms with E-state index < -0.39 is 0 Å². The zero-order chi connectivity index (χ0) is 6.15. The summed E-state index contributed by atoms with van der Waals surface area (Å²) in [6.07, 6.45) is 3.20. The van der Waals surface area contributed by atoms with Crippen LogP contribution in [0.5, 0.6) is 0 Å². The van der Waals surface area contributed by atoms with Gasteiger partial charge >= 0.3 is 0 Å². The molecule has 1 rings (SSSR count). The Balaban J connectivity index is 2.42. The fraction of sp³-hybridized carbons (Fsp3) is 0.667. The largest absolute Gasteiger partial charge is 0.128 e. The van der Waals surface area contributed by atoms with Crippen LogP contribution in [0, 0.1) is 5.92 Å². The number of hydrogen-bond acceptors (Lipinski definition) is 0. The Morgan fingerprint density at radius 2 is 2.25 bits per heavy atom. The Kier molecular flexibility index (Phi) is 1.84. The molecule has 0 heterocycles. The van der Waals surface area contributed by atoms with E-state index in [2.05, 4.69) is 13.0 Å². The maximum atomic E-state index is 5.54. The second-order valence-corrected chi connectivity index (χ2v) is 3.32. The fourth-order valence-electron chi connectivity index (χ4n) is 0.866. The van der Waals surface area contributed by atoms with Gasteiger partial charge in [-0.15, -0.1) is 23.2 Å². The van der Waals surface area contributed by atoms with Gasteiger partial charge in [0.15, 0.2) is 0 Å². The molecule has 0 bridgehead atoms. The van der Waals surface area contributed by atoms with E-state index in [9.17, 15) is 0 Å². The van der Waals surface area contributed by atoms with Crippen molar-refractivity contribution in [3.8, 4) is 0 Å². The van der Waals surface area contributed by atoms with E-state index in [1.54, 1.807) is 0 Å². The molecule has 0 amide bonds. The van der Waals surface area contributed by atoms with Gasteiger partial charge in [0.25, 0.3) is 0 Å². The van der Waals surface area contributed by atoms with Crippen LogP contribution < -0.4 is 0 Å². The van der Waals surface area contributed by atoms with Crippen molar-refractivity contribution < 1.29 is 0 Å². The van der Waals surface area contributed by atoms with Crippen LogP contribution in [0.15, 0.2) is 11.6 Å². The summed E-state index contributed by atoms with van der Waals surface area (Å²) in [6.45, 7) is 2.15. The van der Waals surface area contributed by atoms with Gasteiger partial charge in [-0.25, -0.2) is 0 Å². The molecule has 1 atom stereocenters. The molecule has 0 saturated carbocycles. The first-order valence-electron chi connectivity index (χ1n) is 2.69. The molecule has 1 unspecified atom stereocenters. The van der Waals surface area contributed by atoms with Crippen molar-refractivity contribution in [2.75, 3.05) is 0 Å². The molecule has 0 N–H and O–H groups in total.